The van der Waals surface area contributed by atoms with Crippen LogP contribution in [-0.4, -0.2) is 32.0 Å². The summed E-state index contributed by atoms with van der Waals surface area (Å²) in [5.74, 6) is 1.31. The molecule has 0 radical (unpaired) electrons. The summed E-state index contributed by atoms with van der Waals surface area (Å²) in [5.41, 5.74) is 1.36. The van der Waals surface area contributed by atoms with Crippen molar-refractivity contribution in [3.63, 3.8) is 0 Å². The van der Waals surface area contributed by atoms with E-state index in [2.05, 4.69) is 17.4 Å². The molecule has 5 heteroatoms. The van der Waals surface area contributed by atoms with Gasteiger partial charge in [-0.2, -0.15) is 0 Å². The molecule has 3 rings (SSSR count). The smallest absolute Gasteiger partial charge is 0.150 e. The van der Waals surface area contributed by atoms with E-state index < -0.39 is 9.84 Å². The fourth-order valence-corrected chi connectivity index (χ4v) is 4.77. The Hall–Kier alpha value is -0.580. The Morgan fingerprint density at radius 3 is 2.20 bits per heavy atom. The fourth-order valence-electron chi connectivity index (χ4n) is 3.15. The standard InChI is InChI=1S/C15H20ClNO2S/c16-13-3-1-11(2-4-13)12-9-15(10-12)17-14-5-7-20(18,19)8-6-14/h1-4,12,14-15,17H,5-10H2. The van der Waals surface area contributed by atoms with Crippen LogP contribution in [0.15, 0.2) is 24.3 Å². The van der Waals surface area contributed by atoms with Crippen molar-refractivity contribution in [2.75, 3.05) is 11.5 Å². The van der Waals surface area contributed by atoms with Crippen LogP contribution in [0.2, 0.25) is 5.02 Å². The van der Waals surface area contributed by atoms with Crippen molar-refractivity contribution >= 4 is 21.4 Å². The Balaban J connectivity index is 1.46. The molecule has 0 spiro atoms. The summed E-state index contributed by atoms with van der Waals surface area (Å²) in [6.07, 6.45) is 3.82. The normalized spacial score (nSPS) is 29.9. The second-order valence-corrected chi connectivity index (χ2v) is 8.75. The summed E-state index contributed by atoms with van der Waals surface area (Å²) in [6.45, 7) is 0. The minimum Gasteiger partial charge on any atom is -0.311 e. The first-order valence-corrected chi connectivity index (χ1v) is 9.44. The van der Waals surface area contributed by atoms with E-state index in [0.29, 0.717) is 29.5 Å². The third kappa shape index (κ3) is 3.35. The van der Waals surface area contributed by atoms with Gasteiger partial charge in [-0.15, -0.1) is 0 Å². The number of nitrogens with one attached hydrogen (secondary N) is 1. The maximum Gasteiger partial charge on any atom is 0.150 e. The first kappa shape index (κ1) is 14.4. The van der Waals surface area contributed by atoms with E-state index in [9.17, 15) is 8.42 Å². The summed E-state index contributed by atoms with van der Waals surface area (Å²) in [7, 11) is -2.75. The van der Waals surface area contributed by atoms with Gasteiger partial charge in [-0.1, -0.05) is 23.7 Å². The van der Waals surface area contributed by atoms with E-state index in [1.165, 1.54) is 5.56 Å². The SMILES string of the molecule is O=S1(=O)CCC(NC2CC(c3ccc(Cl)cc3)C2)CC1. The summed E-state index contributed by atoms with van der Waals surface area (Å²) in [6, 6.07) is 9.04. The van der Waals surface area contributed by atoms with E-state index >= 15 is 0 Å². The highest BCUT2D eigenvalue weighted by molar-refractivity contribution is 7.91. The highest BCUT2D eigenvalue weighted by Gasteiger charge is 2.33. The minimum atomic E-state index is -2.75. The van der Waals surface area contributed by atoms with Crippen LogP contribution in [-0.2, 0) is 9.84 Å². The van der Waals surface area contributed by atoms with Gasteiger partial charge in [0.05, 0.1) is 11.5 Å². The van der Waals surface area contributed by atoms with Gasteiger partial charge >= 0.3 is 0 Å². The highest BCUT2D eigenvalue weighted by Crippen LogP contribution is 2.37. The average molecular weight is 314 g/mol. The molecule has 2 aliphatic rings. The Labute approximate surface area is 125 Å². The van der Waals surface area contributed by atoms with E-state index in [1.54, 1.807) is 0 Å². The number of halogens is 1. The van der Waals surface area contributed by atoms with E-state index in [4.69, 9.17) is 11.6 Å². The predicted molar refractivity (Wildman–Crippen MR) is 82.0 cm³/mol. The summed E-state index contributed by atoms with van der Waals surface area (Å²) in [4.78, 5) is 0. The lowest BCUT2D eigenvalue weighted by Crippen LogP contribution is -2.48. The molecule has 0 aromatic heterocycles. The molecule has 1 aromatic rings. The molecule has 3 nitrogen and oxygen atoms in total. The van der Waals surface area contributed by atoms with Crippen LogP contribution in [0.25, 0.3) is 0 Å². The molecule has 1 aromatic carbocycles. The molecule has 1 saturated heterocycles. The highest BCUT2D eigenvalue weighted by atomic mass is 35.5. The van der Waals surface area contributed by atoms with Gasteiger partial charge in [-0.3, -0.25) is 0 Å². The van der Waals surface area contributed by atoms with Crippen LogP contribution in [0.1, 0.15) is 37.2 Å². The van der Waals surface area contributed by atoms with Crippen LogP contribution in [0.5, 0.6) is 0 Å². The molecule has 1 aliphatic heterocycles. The lowest BCUT2D eigenvalue weighted by Gasteiger charge is -2.39. The van der Waals surface area contributed by atoms with Crippen molar-refractivity contribution in [1.29, 1.82) is 0 Å². The first-order valence-electron chi connectivity index (χ1n) is 7.24. The summed E-state index contributed by atoms with van der Waals surface area (Å²) < 4.78 is 22.8. The Morgan fingerprint density at radius 2 is 1.60 bits per heavy atom. The monoisotopic (exact) mass is 313 g/mol. The summed E-state index contributed by atoms with van der Waals surface area (Å²) in [5, 5.41) is 4.40. The molecule has 0 unspecified atom stereocenters. The average Bonchev–Trinajstić information content (AvgIpc) is 2.37. The Morgan fingerprint density at radius 1 is 1.00 bits per heavy atom. The molecule has 0 amide bonds. The van der Waals surface area contributed by atoms with Gasteiger partial charge in [0, 0.05) is 17.1 Å². The van der Waals surface area contributed by atoms with Gasteiger partial charge in [0.15, 0.2) is 0 Å². The number of rotatable bonds is 3. The topological polar surface area (TPSA) is 46.2 Å². The van der Waals surface area contributed by atoms with Crippen LogP contribution in [0.4, 0.5) is 0 Å². The molecule has 1 heterocycles. The van der Waals surface area contributed by atoms with Crippen molar-refractivity contribution in [1.82, 2.24) is 5.32 Å². The zero-order chi connectivity index (χ0) is 14.2. The van der Waals surface area contributed by atoms with Crippen LogP contribution < -0.4 is 5.32 Å². The minimum absolute atomic E-state index is 0.345. The molecule has 1 N–H and O–H groups in total. The lowest BCUT2D eigenvalue weighted by molar-refractivity contribution is 0.257. The van der Waals surface area contributed by atoms with Crippen LogP contribution >= 0.6 is 11.6 Å². The van der Waals surface area contributed by atoms with Gasteiger partial charge in [0.2, 0.25) is 0 Å². The number of hydrogen-bond donors (Lipinski definition) is 1. The molecular weight excluding hydrogens is 294 g/mol. The van der Waals surface area contributed by atoms with Crippen molar-refractivity contribution < 1.29 is 8.42 Å². The van der Waals surface area contributed by atoms with Crippen molar-refractivity contribution in [3.8, 4) is 0 Å². The zero-order valence-electron chi connectivity index (χ0n) is 11.4. The molecule has 1 saturated carbocycles. The third-order valence-corrected chi connectivity index (χ3v) is 6.47. The maximum absolute atomic E-state index is 11.4. The van der Waals surface area contributed by atoms with Crippen molar-refractivity contribution in [3.05, 3.63) is 34.9 Å². The second kappa shape index (κ2) is 5.66. The van der Waals surface area contributed by atoms with Gasteiger partial charge < -0.3 is 5.32 Å². The predicted octanol–water partition coefficient (Wildman–Crippen LogP) is 2.75. The molecule has 0 bridgehead atoms. The third-order valence-electron chi connectivity index (χ3n) is 4.51. The van der Waals surface area contributed by atoms with Crippen LogP contribution in [0.3, 0.4) is 0 Å². The van der Waals surface area contributed by atoms with E-state index in [-0.39, 0.29) is 0 Å². The fraction of sp³-hybridized carbons (Fsp3) is 0.600. The number of sulfone groups is 1. The molecule has 0 atom stereocenters. The van der Waals surface area contributed by atoms with Crippen molar-refractivity contribution in [2.24, 2.45) is 0 Å². The zero-order valence-corrected chi connectivity index (χ0v) is 13.0. The largest absolute Gasteiger partial charge is 0.311 e. The molecular formula is C15H20ClNO2S. The van der Waals surface area contributed by atoms with Crippen LogP contribution in [0, 0.1) is 0 Å². The Bertz CT molecular complexity index is 550. The van der Waals surface area contributed by atoms with Gasteiger partial charge in [0.25, 0.3) is 0 Å². The first-order chi connectivity index (χ1) is 9.52. The number of benzene rings is 1. The second-order valence-electron chi connectivity index (χ2n) is 6.01. The van der Waals surface area contributed by atoms with Gasteiger partial charge in [-0.05, 0) is 49.3 Å². The van der Waals surface area contributed by atoms with Gasteiger partial charge in [-0.25, -0.2) is 8.42 Å². The summed E-state index contributed by atoms with van der Waals surface area (Å²) >= 11 is 5.90. The van der Waals surface area contributed by atoms with E-state index in [1.807, 2.05) is 12.1 Å². The molecule has 2 fully saturated rings. The lowest BCUT2D eigenvalue weighted by atomic mass is 9.75. The number of hydrogen-bond acceptors (Lipinski definition) is 3. The Kier molecular flexibility index (Phi) is 4.07. The molecule has 110 valence electrons. The van der Waals surface area contributed by atoms with Gasteiger partial charge in [0.1, 0.15) is 9.84 Å². The quantitative estimate of drug-likeness (QED) is 0.933. The maximum atomic E-state index is 11.4. The van der Waals surface area contributed by atoms with E-state index in [0.717, 1.165) is 30.7 Å². The molecule has 20 heavy (non-hydrogen) atoms. The van der Waals surface area contributed by atoms with Crippen molar-refractivity contribution in [2.45, 2.75) is 43.7 Å². The molecule has 1 aliphatic carbocycles.